The Labute approximate surface area is 112 Å². The topological polar surface area (TPSA) is 48.4 Å². The molecule has 1 aliphatic carbocycles. The van der Waals surface area contributed by atoms with Gasteiger partial charge in [0.05, 0.1) is 0 Å². The molecular formula is C16H15N2O+. The molecule has 0 fully saturated rings. The van der Waals surface area contributed by atoms with Crippen LogP contribution in [0.2, 0.25) is 0 Å². The Morgan fingerprint density at radius 2 is 1.95 bits per heavy atom. The number of hydrogen-bond donors (Lipinski definition) is 1. The smallest absolute Gasteiger partial charge is 0.399 e. The Morgan fingerprint density at radius 3 is 2.63 bits per heavy atom. The van der Waals surface area contributed by atoms with Crippen molar-refractivity contribution < 1.29 is 5.11 Å². The van der Waals surface area contributed by atoms with E-state index in [1.165, 1.54) is 0 Å². The van der Waals surface area contributed by atoms with Gasteiger partial charge in [-0.05, 0) is 31.4 Å². The summed E-state index contributed by atoms with van der Waals surface area (Å²) in [6, 6.07) is 9.74. The predicted molar refractivity (Wildman–Crippen MR) is 74.6 cm³/mol. The third kappa shape index (κ3) is 3.03. The molecule has 3 nitrogen and oxygen atoms in total. The van der Waals surface area contributed by atoms with Crippen molar-refractivity contribution >= 4 is 0 Å². The third-order valence-corrected chi connectivity index (χ3v) is 3.13. The van der Waals surface area contributed by atoms with Crippen LogP contribution in [0.25, 0.3) is 4.98 Å². The summed E-state index contributed by atoms with van der Waals surface area (Å²) in [5.41, 5.74) is 2.92. The summed E-state index contributed by atoms with van der Waals surface area (Å²) in [6.45, 7) is 1.57. The van der Waals surface area contributed by atoms with Crippen LogP contribution in [0.5, 0.6) is 0 Å². The number of nitrogens with zero attached hydrogens (tertiary/aromatic N) is 2. The van der Waals surface area contributed by atoms with Gasteiger partial charge in [-0.2, -0.15) is 0 Å². The molecule has 2 rings (SSSR count). The molecule has 1 N–H and O–H groups in total. The van der Waals surface area contributed by atoms with Gasteiger partial charge in [-0.1, -0.05) is 30.0 Å². The molecule has 0 aliphatic heterocycles. The number of aliphatic hydroxyl groups excluding tert-OH is 1. The molecule has 1 aliphatic rings. The SMILES string of the molecule is C/C([N+]#N)=C(/O)C1=C(C#Cc2ccccc2)CCC1. The number of diazo groups is 1. The first-order valence-electron chi connectivity index (χ1n) is 6.27. The number of allylic oxidation sites excluding steroid dienone is 3. The van der Waals surface area contributed by atoms with Gasteiger partial charge in [0.25, 0.3) is 0 Å². The molecule has 0 bridgehead atoms. The van der Waals surface area contributed by atoms with Crippen LogP contribution >= 0.6 is 0 Å². The van der Waals surface area contributed by atoms with Crippen LogP contribution in [0, 0.1) is 17.2 Å². The summed E-state index contributed by atoms with van der Waals surface area (Å²) in [4.78, 5) is 3.03. The molecule has 0 heterocycles. The molecular weight excluding hydrogens is 236 g/mol. The first-order chi connectivity index (χ1) is 9.22. The van der Waals surface area contributed by atoms with Crippen molar-refractivity contribution in [3.05, 3.63) is 63.5 Å². The average Bonchev–Trinajstić information content (AvgIpc) is 2.93. The number of benzene rings is 1. The fourth-order valence-electron chi connectivity index (χ4n) is 2.08. The lowest BCUT2D eigenvalue weighted by Gasteiger charge is -1.98. The van der Waals surface area contributed by atoms with Gasteiger partial charge in [-0.15, -0.1) is 0 Å². The molecule has 1 aromatic carbocycles. The second kappa shape index (κ2) is 5.89. The van der Waals surface area contributed by atoms with Gasteiger partial charge >= 0.3 is 5.70 Å². The third-order valence-electron chi connectivity index (χ3n) is 3.13. The molecule has 3 heteroatoms. The van der Waals surface area contributed by atoms with Gasteiger partial charge in [0.2, 0.25) is 11.2 Å². The van der Waals surface area contributed by atoms with Crippen LogP contribution in [-0.2, 0) is 0 Å². The molecule has 94 valence electrons. The molecule has 1 aromatic rings. The molecule has 0 saturated heterocycles. The number of hydrogen-bond acceptors (Lipinski definition) is 2. The van der Waals surface area contributed by atoms with Crippen molar-refractivity contribution in [2.45, 2.75) is 26.2 Å². The molecule has 0 unspecified atom stereocenters. The maximum absolute atomic E-state index is 9.99. The van der Waals surface area contributed by atoms with E-state index in [1.54, 1.807) is 6.92 Å². The van der Waals surface area contributed by atoms with Crippen molar-refractivity contribution in [2.24, 2.45) is 0 Å². The van der Waals surface area contributed by atoms with E-state index >= 15 is 0 Å². The van der Waals surface area contributed by atoms with E-state index in [4.69, 9.17) is 5.39 Å². The van der Waals surface area contributed by atoms with Gasteiger partial charge < -0.3 is 5.11 Å². The Morgan fingerprint density at radius 1 is 1.21 bits per heavy atom. The highest BCUT2D eigenvalue weighted by Crippen LogP contribution is 2.31. The van der Waals surface area contributed by atoms with Crippen LogP contribution < -0.4 is 0 Å². The molecule has 0 saturated carbocycles. The van der Waals surface area contributed by atoms with Crippen molar-refractivity contribution in [1.82, 2.24) is 0 Å². The second-order valence-electron chi connectivity index (χ2n) is 4.46. The largest absolute Gasteiger partial charge is 0.501 e. The highest BCUT2D eigenvalue weighted by molar-refractivity contribution is 5.49. The molecule has 0 aromatic heterocycles. The summed E-state index contributed by atoms with van der Waals surface area (Å²) in [5, 5.41) is 18.7. The minimum atomic E-state index is 0.0531. The van der Waals surface area contributed by atoms with E-state index < -0.39 is 0 Å². The van der Waals surface area contributed by atoms with Crippen LogP contribution in [0.15, 0.2) is 52.9 Å². The summed E-state index contributed by atoms with van der Waals surface area (Å²) < 4.78 is 0. The second-order valence-corrected chi connectivity index (χ2v) is 4.46. The maximum Gasteiger partial charge on any atom is 0.399 e. The lowest BCUT2D eigenvalue weighted by Crippen LogP contribution is -1.90. The van der Waals surface area contributed by atoms with Crippen LogP contribution in [0.3, 0.4) is 0 Å². The zero-order valence-corrected chi connectivity index (χ0v) is 10.8. The van der Waals surface area contributed by atoms with Gasteiger partial charge in [0, 0.05) is 23.6 Å². The highest BCUT2D eigenvalue weighted by Gasteiger charge is 2.22. The van der Waals surface area contributed by atoms with Gasteiger partial charge in [0.15, 0.2) is 4.98 Å². The monoisotopic (exact) mass is 251 g/mol. The van der Waals surface area contributed by atoms with Gasteiger partial charge in [-0.3, -0.25) is 0 Å². The fourth-order valence-corrected chi connectivity index (χ4v) is 2.08. The predicted octanol–water partition coefficient (Wildman–Crippen LogP) is 4.16. The van der Waals surface area contributed by atoms with E-state index in [2.05, 4.69) is 16.8 Å². The molecule has 0 amide bonds. The minimum Gasteiger partial charge on any atom is -0.501 e. The lowest BCUT2D eigenvalue weighted by molar-refractivity contribution is 0.415. The van der Waals surface area contributed by atoms with Crippen LogP contribution in [0.4, 0.5) is 0 Å². The molecule has 0 atom stereocenters. The van der Waals surface area contributed by atoms with E-state index in [0.29, 0.717) is 0 Å². The van der Waals surface area contributed by atoms with Crippen LogP contribution in [-0.4, -0.2) is 5.11 Å². The minimum absolute atomic E-state index is 0.0531. The first kappa shape index (κ1) is 12.9. The van der Waals surface area contributed by atoms with Crippen LogP contribution in [0.1, 0.15) is 31.7 Å². The Balaban J connectivity index is 2.34. The standard InChI is InChI=1S/C16H14N2O/c1-12(18-17)16(19)15-9-5-8-14(15)11-10-13-6-3-2-4-7-13/h2-4,6-7H,5,8-9H2,1H3/p+1/b16-12-. The Bertz CT molecular complexity index is 637. The Kier molecular flexibility index (Phi) is 4.00. The highest BCUT2D eigenvalue weighted by atomic mass is 16.3. The molecule has 0 radical (unpaired) electrons. The summed E-state index contributed by atoms with van der Waals surface area (Å²) >= 11 is 0. The number of aliphatic hydroxyl groups is 1. The van der Waals surface area contributed by atoms with E-state index in [1.807, 2.05) is 30.3 Å². The zero-order valence-electron chi connectivity index (χ0n) is 10.8. The number of rotatable bonds is 1. The van der Waals surface area contributed by atoms with Crippen molar-refractivity contribution in [2.75, 3.05) is 0 Å². The van der Waals surface area contributed by atoms with E-state index in [0.717, 1.165) is 36.0 Å². The van der Waals surface area contributed by atoms with Crippen molar-refractivity contribution in [1.29, 1.82) is 5.39 Å². The summed E-state index contributed by atoms with van der Waals surface area (Å²) in [7, 11) is 0. The normalized spacial score (nSPS) is 15.4. The fraction of sp³-hybridized carbons (Fsp3) is 0.250. The quantitative estimate of drug-likeness (QED) is 0.463. The zero-order chi connectivity index (χ0) is 13.7. The average molecular weight is 251 g/mol. The first-order valence-corrected chi connectivity index (χ1v) is 6.27. The molecule has 0 spiro atoms. The van der Waals surface area contributed by atoms with Gasteiger partial charge in [-0.25, -0.2) is 0 Å². The summed E-state index contributed by atoms with van der Waals surface area (Å²) in [5.74, 6) is 6.27. The van der Waals surface area contributed by atoms with Gasteiger partial charge in [0.1, 0.15) is 0 Å². The van der Waals surface area contributed by atoms with Crippen molar-refractivity contribution in [3.63, 3.8) is 0 Å². The Hall–Kier alpha value is -2.52. The van der Waals surface area contributed by atoms with E-state index in [-0.39, 0.29) is 11.5 Å². The maximum atomic E-state index is 9.99. The van der Waals surface area contributed by atoms with E-state index in [9.17, 15) is 5.11 Å². The van der Waals surface area contributed by atoms with Crippen molar-refractivity contribution in [3.8, 4) is 11.8 Å². The summed E-state index contributed by atoms with van der Waals surface area (Å²) in [6.07, 6.45) is 2.60. The molecule has 19 heavy (non-hydrogen) atoms. The lowest BCUT2D eigenvalue weighted by atomic mass is 10.1.